The summed E-state index contributed by atoms with van der Waals surface area (Å²) in [6.07, 6.45) is 2.51. The average Bonchev–Trinajstić information content (AvgIpc) is 2.36. The largest absolute Gasteiger partial charge is 0.246 e. The molecule has 0 aliphatic heterocycles. The number of hydrogen-bond donors (Lipinski definition) is 0. The molecule has 1 rings (SSSR count). The van der Waals surface area contributed by atoms with E-state index in [4.69, 9.17) is 0 Å². The molecule has 2 heteroatoms. The lowest BCUT2D eigenvalue weighted by Gasteiger charge is -2.03. The van der Waals surface area contributed by atoms with Crippen LogP contribution in [0.1, 0.15) is 43.3 Å². The highest BCUT2D eigenvalue weighted by Gasteiger charge is 2.07. The van der Waals surface area contributed by atoms with Crippen molar-refractivity contribution in [2.75, 3.05) is 0 Å². The third-order valence-electron chi connectivity index (χ3n) is 1.78. The number of thiazole rings is 1. The van der Waals surface area contributed by atoms with Crippen LogP contribution in [-0.4, -0.2) is 4.98 Å². The highest BCUT2D eigenvalue weighted by molar-refractivity contribution is 7.09. The summed E-state index contributed by atoms with van der Waals surface area (Å²) in [6, 6.07) is 0. The summed E-state index contributed by atoms with van der Waals surface area (Å²) in [6.45, 7) is 6.53. The van der Waals surface area contributed by atoms with Crippen LogP contribution in [0.25, 0.3) is 0 Å². The Morgan fingerprint density at radius 3 is 2.82 bits per heavy atom. The number of hydrogen-bond acceptors (Lipinski definition) is 2. The molecule has 1 aromatic heterocycles. The van der Waals surface area contributed by atoms with Gasteiger partial charge in [-0.1, -0.05) is 20.3 Å². The normalized spacial score (nSPS) is 13.4. The Balaban J connectivity index is 2.60. The van der Waals surface area contributed by atoms with Crippen molar-refractivity contribution in [3.05, 3.63) is 16.1 Å². The van der Waals surface area contributed by atoms with Gasteiger partial charge in [0.15, 0.2) is 0 Å². The maximum atomic E-state index is 4.45. The Labute approximate surface area is 72.5 Å². The molecule has 0 amide bonds. The van der Waals surface area contributed by atoms with E-state index in [1.54, 1.807) is 11.3 Å². The fourth-order valence-electron chi connectivity index (χ4n) is 1.16. The minimum Gasteiger partial charge on any atom is -0.246 e. The van der Waals surface area contributed by atoms with Gasteiger partial charge in [-0.15, -0.1) is 11.3 Å². The number of nitrogens with zero attached hydrogens (tertiary/aromatic N) is 1. The second kappa shape index (κ2) is 3.86. The molecule has 0 saturated carbocycles. The zero-order valence-electron chi connectivity index (χ0n) is 7.42. The molecule has 0 saturated heterocycles. The summed E-state index contributed by atoms with van der Waals surface area (Å²) in [5, 5.41) is 3.42. The molecule has 1 aromatic rings. The highest BCUT2D eigenvalue weighted by atomic mass is 32.1. The Morgan fingerprint density at radius 2 is 2.36 bits per heavy atom. The molecule has 1 unspecified atom stereocenters. The van der Waals surface area contributed by atoms with Crippen LogP contribution in [0.4, 0.5) is 0 Å². The Bertz CT molecular complexity index is 217. The van der Waals surface area contributed by atoms with Gasteiger partial charge in [-0.3, -0.25) is 0 Å². The van der Waals surface area contributed by atoms with Crippen LogP contribution in [-0.2, 0) is 0 Å². The Hall–Kier alpha value is -0.370. The molecule has 1 nitrogen and oxygen atoms in total. The van der Waals surface area contributed by atoms with Crippen molar-refractivity contribution < 1.29 is 0 Å². The fraction of sp³-hybridized carbons (Fsp3) is 0.667. The second-order valence-corrected chi connectivity index (χ2v) is 3.91. The average molecular weight is 169 g/mol. The molecule has 0 aliphatic carbocycles. The first-order valence-electron chi connectivity index (χ1n) is 4.16. The minimum atomic E-state index is 0.652. The van der Waals surface area contributed by atoms with Crippen molar-refractivity contribution in [3.63, 3.8) is 0 Å². The lowest BCUT2D eigenvalue weighted by atomic mass is 10.1. The van der Waals surface area contributed by atoms with Gasteiger partial charge < -0.3 is 0 Å². The van der Waals surface area contributed by atoms with Crippen molar-refractivity contribution in [2.45, 2.75) is 39.5 Å². The lowest BCUT2D eigenvalue weighted by Crippen LogP contribution is -1.91. The van der Waals surface area contributed by atoms with Crippen LogP contribution in [0.3, 0.4) is 0 Å². The van der Waals surface area contributed by atoms with Gasteiger partial charge in [0.2, 0.25) is 0 Å². The molecular formula is C9H15NS. The van der Waals surface area contributed by atoms with E-state index in [1.165, 1.54) is 17.8 Å². The van der Waals surface area contributed by atoms with Gasteiger partial charge in [0, 0.05) is 17.0 Å². The van der Waals surface area contributed by atoms with Gasteiger partial charge in [-0.05, 0) is 13.3 Å². The van der Waals surface area contributed by atoms with Gasteiger partial charge in [-0.2, -0.15) is 0 Å². The van der Waals surface area contributed by atoms with E-state index in [0.29, 0.717) is 5.92 Å². The third-order valence-corrected chi connectivity index (χ3v) is 2.97. The van der Waals surface area contributed by atoms with Crippen molar-refractivity contribution >= 4 is 11.3 Å². The molecule has 0 bridgehead atoms. The van der Waals surface area contributed by atoms with Gasteiger partial charge in [0.05, 0.1) is 5.01 Å². The maximum absolute atomic E-state index is 4.45. The first kappa shape index (κ1) is 8.72. The number of rotatable bonds is 3. The Kier molecular flexibility index (Phi) is 3.06. The molecule has 1 atom stereocenters. The third kappa shape index (κ3) is 2.29. The van der Waals surface area contributed by atoms with Crippen LogP contribution in [0.2, 0.25) is 0 Å². The summed E-state index contributed by atoms with van der Waals surface area (Å²) < 4.78 is 0. The zero-order valence-corrected chi connectivity index (χ0v) is 8.24. The molecule has 0 fully saturated rings. The van der Waals surface area contributed by atoms with E-state index in [0.717, 1.165) is 5.69 Å². The standard InChI is InChI=1S/C9H15NS/c1-4-5-7(2)9-10-8(3)6-11-9/h6-7H,4-5H2,1-3H3. The smallest absolute Gasteiger partial charge is 0.0956 e. The summed E-state index contributed by atoms with van der Waals surface area (Å²) in [7, 11) is 0. The minimum absolute atomic E-state index is 0.652. The fourth-order valence-corrected chi connectivity index (χ4v) is 2.05. The van der Waals surface area contributed by atoms with Gasteiger partial charge in [-0.25, -0.2) is 4.98 Å². The van der Waals surface area contributed by atoms with Crippen LogP contribution < -0.4 is 0 Å². The maximum Gasteiger partial charge on any atom is 0.0956 e. The summed E-state index contributed by atoms with van der Waals surface area (Å²) in [5.74, 6) is 0.652. The van der Waals surface area contributed by atoms with Gasteiger partial charge in [0.25, 0.3) is 0 Å². The predicted octanol–water partition coefficient (Wildman–Crippen LogP) is 3.36. The summed E-state index contributed by atoms with van der Waals surface area (Å²) in [4.78, 5) is 4.45. The SMILES string of the molecule is CCCC(C)c1nc(C)cs1. The summed E-state index contributed by atoms with van der Waals surface area (Å²) in [5.41, 5.74) is 1.16. The van der Waals surface area contributed by atoms with Crippen LogP contribution >= 0.6 is 11.3 Å². The quantitative estimate of drug-likeness (QED) is 0.676. The Morgan fingerprint density at radius 1 is 1.64 bits per heavy atom. The van der Waals surface area contributed by atoms with Gasteiger partial charge in [0.1, 0.15) is 0 Å². The highest BCUT2D eigenvalue weighted by Crippen LogP contribution is 2.23. The molecule has 0 spiro atoms. The molecule has 0 aliphatic rings. The first-order chi connectivity index (χ1) is 5.24. The van der Waals surface area contributed by atoms with E-state index in [2.05, 4.69) is 31.1 Å². The molecule has 0 aromatic carbocycles. The van der Waals surface area contributed by atoms with E-state index in [1.807, 2.05) is 0 Å². The van der Waals surface area contributed by atoms with E-state index in [9.17, 15) is 0 Å². The molecular weight excluding hydrogens is 154 g/mol. The molecule has 0 N–H and O–H groups in total. The van der Waals surface area contributed by atoms with E-state index in [-0.39, 0.29) is 0 Å². The topological polar surface area (TPSA) is 12.9 Å². The van der Waals surface area contributed by atoms with Crippen molar-refractivity contribution in [3.8, 4) is 0 Å². The van der Waals surface area contributed by atoms with E-state index < -0.39 is 0 Å². The second-order valence-electron chi connectivity index (χ2n) is 3.02. The molecule has 62 valence electrons. The van der Waals surface area contributed by atoms with Crippen molar-refractivity contribution in [1.82, 2.24) is 4.98 Å². The van der Waals surface area contributed by atoms with Crippen molar-refractivity contribution in [1.29, 1.82) is 0 Å². The van der Waals surface area contributed by atoms with Crippen molar-refractivity contribution in [2.24, 2.45) is 0 Å². The zero-order chi connectivity index (χ0) is 8.27. The molecule has 0 radical (unpaired) electrons. The predicted molar refractivity (Wildman–Crippen MR) is 50.2 cm³/mol. The molecule has 1 heterocycles. The molecule has 11 heavy (non-hydrogen) atoms. The monoisotopic (exact) mass is 169 g/mol. The van der Waals surface area contributed by atoms with Crippen LogP contribution in [0.5, 0.6) is 0 Å². The lowest BCUT2D eigenvalue weighted by molar-refractivity contribution is 0.659. The number of aromatic nitrogens is 1. The van der Waals surface area contributed by atoms with Gasteiger partial charge >= 0.3 is 0 Å². The van der Waals surface area contributed by atoms with E-state index >= 15 is 0 Å². The van der Waals surface area contributed by atoms with Crippen LogP contribution in [0.15, 0.2) is 5.38 Å². The summed E-state index contributed by atoms with van der Waals surface area (Å²) >= 11 is 1.79. The first-order valence-corrected chi connectivity index (χ1v) is 5.04. The van der Waals surface area contributed by atoms with Crippen LogP contribution in [0, 0.1) is 6.92 Å². The number of aryl methyl sites for hydroxylation is 1.